The largest absolute Gasteiger partial charge is 0.497 e. The van der Waals surface area contributed by atoms with Crippen molar-refractivity contribution in [2.24, 2.45) is 0 Å². The molecule has 0 bridgehead atoms. The van der Waals surface area contributed by atoms with E-state index in [9.17, 15) is 14.7 Å². The van der Waals surface area contributed by atoms with Crippen LogP contribution >= 0.6 is 11.8 Å². The second-order valence-corrected chi connectivity index (χ2v) is 8.42. The second kappa shape index (κ2) is 10.5. The van der Waals surface area contributed by atoms with E-state index in [-0.39, 0.29) is 40.2 Å². The number of hydrogen-bond donors (Lipinski definition) is 1. The van der Waals surface area contributed by atoms with E-state index in [0.717, 1.165) is 17.3 Å². The van der Waals surface area contributed by atoms with Crippen molar-refractivity contribution in [2.45, 2.75) is 11.6 Å². The number of benzene rings is 2. The highest BCUT2D eigenvalue weighted by molar-refractivity contribution is 7.99. The molecule has 9 heteroatoms. The van der Waals surface area contributed by atoms with Gasteiger partial charge in [0.1, 0.15) is 5.75 Å². The number of amides is 1. The van der Waals surface area contributed by atoms with Crippen LogP contribution in [0.2, 0.25) is 0 Å². The van der Waals surface area contributed by atoms with Crippen LogP contribution in [-0.2, 0) is 16.0 Å². The smallest absolute Gasteiger partial charge is 0.266 e. The quantitative estimate of drug-likeness (QED) is 0.421. The predicted molar refractivity (Wildman–Crippen MR) is 125 cm³/mol. The first-order valence-electron chi connectivity index (χ1n) is 10.6. The topological polar surface area (TPSA) is 93.9 Å². The molecule has 0 unspecified atom stereocenters. The second-order valence-electron chi connectivity index (χ2n) is 7.48. The van der Waals surface area contributed by atoms with E-state index in [0.29, 0.717) is 37.7 Å². The van der Waals surface area contributed by atoms with Crippen molar-refractivity contribution in [3.63, 3.8) is 0 Å². The van der Waals surface area contributed by atoms with Gasteiger partial charge in [0.15, 0.2) is 5.16 Å². The highest BCUT2D eigenvalue weighted by atomic mass is 32.2. The average molecular weight is 468 g/mol. The summed E-state index contributed by atoms with van der Waals surface area (Å²) in [5.41, 5.74) is 1.28. The third-order valence-electron chi connectivity index (χ3n) is 5.37. The lowest BCUT2D eigenvalue weighted by Crippen LogP contribution is -2.41. The van der Waals surface area contributed by atoms with Crippen LogP contribution in [0.15, 0.2) is 64.5 Å². The Morgan fingerprint density at radius 3 is 2.48 bits per heavy atom. The molecule has 3 aromatic rings. The molecule has 0 radical (unpaired) electrons. The molecule has 1 aliphatic heterocycles. The van der Waals surface area contributed by atoms with Crippen molar-refractivity contribution < 1.29 is 19.4 Å². The maximum atomic E-state index is 13.5. The van der Waals surface area contributed by atoms with Crippen molar-refractivity contribution in [3.8, 4) is 17.3 Å². The first kappa shape index (κ1) is 22.9. The fourth-order valence-corrected chi connectivity index (χ4v) is 4.47. The molecule has 1 N–H and O–H groups in total. The number of thioether (sulfide) groups is 1. The van der Waals surface area contributed by atoms with Crippen LogP contribution in [0.1, 0.15) is 11.1 Å². The number of methoxy groups -OCH3 is 1. The molecule has 0 spiro atoms. The summed E-state index contributed by atoms with van der Waals surface area (Å²) >= 11 is 1.13. The maximum absolute atomic E-state index is 13.5. The summed E-state index contributed by atoms with van der Waals surface area (Å²) in [5, 5.41) is 10.9. The van der Waals surface area contributed by atoms with Crippen molar-refractivity contribution in [1.29, 1.82) is 0 Å². The van der Waals surface area contributed by atoms with Gasteiger partial charge in [-0.25, -0.2) is 0 Å². The van der Waals surface area contributed by atoms with E-state index >= 15 is 0 Å². The van der Waals surface area contributed by atoms with Crippen LogP contribution < -0.4 is 10.3 Å². The minimum Gasteiger partial charge on any atom is -0.497 e. The van der Waals surface area contributed by atoms with Gasteiger partial charge in [-0.1, -0.05) is 42.1 Å². The molecule has 0 aliphatic carbocycles. The van der Waals surface area contributed by atoms with Crippen molar-refractivity contribution in [1.82, 2.24) is 14.5 Å². The Bertz CT molecular complexity index is 1160. The van der Waals surface area contributed by atoms with E-state index in [1.165, 1.54) is 4.57 Å². The van der Waals surface area contributed by atoms with Crippen LogP contribution in [0.3, 0.4) is 0 Å². The normalized spacial score (nSPS) is 13.7. The summed E-state index contributed by atoms with van der Waals surface area (Å²) in [5.74, 6) is 0.362. The van der Waals surface area contributed by atoms with E-state index in [2.05, 4.69) is 4.98 Å². The number of morpholine rings is 1. The average Bonchev–Trinajstić information content (AvgIpc) is 2.86. The summed E-state index contributed by atoms with van der Waals surface area (Å²) in [6, 6.07) is 16.4. The predicted octanol–water partition coefficient (Wildman–Crippen LogP) is 2.49. The monoisotopic (exact) mass is 467 g/mol. The lowest BCUT2D eigenvalue weighted by atomic mass is 10.1. The van der Waals surface area contributed by atoms with Gasteiger partial charge in [-0.15, -0.1) is 0 Å². The van der Waals surface area contributed by atoms with Gasteiger partial charge in [0.25, 0.3) is 5.56 Å². The minimum absolute atomic E-state index is 0.0633. The first-order valence-corrected chi connectivity index (χ1v) is 11.6. The summed E-state index contributed by atoms with van der Waals surface area (Å²) in [6.45, 7) is 2.11. The van der Waals surface area contributed by atoms with E-state index in [4.69, 9.17) is 9.47 Å². The molecule has 4 rings (SSSR count). The molecule has 8 nitrogen and oxygen atoms in total. The van der Waals surface area contributed by atoms with Gasteiger partial charge in [0, 0.05) is 19.5 Å². The fourth-order valence-electron chi connectivity index (χ4n) is 3.57. The maximum Gasteiger partial charge on any atom is 0.266 e. The molecule has 1 aromatic heterocycles. The zero-order valence-electron chi connectivity index (χ0n) is 18.3. The zero-order chi connectivity index (χ0) is 23.2. The molecule has 33 heavy (non-hydrogen) atoms. The van der Waals surface area contributed by atoms with Crippen LogP contribution in [-0.4, -0.2) is 64.6 Å². The number of aromatic hydroxyl groups is 1. The van der Waals surface area contributed by atoms with Gasteiger partial charge in [-0.3, -0.25) is 14.2 Å². The van der Waals surface area contributed by atoms with Gasteiger partial charge in [-0.05, 0) is 29.8 Å². The molecular weight excluding hydrogens is 442 g/mol. The van der Waals surface area contributed by atoms with Gasteiger partial charge in [0.05, 0.1) is 37.3 Å². The highest BCUT2D eigenvalue weighted by Gasteiger charge is 2.22. The minimum atomic E-state index is -0.377. The molecule has 1 amide bonds. The van der Waals surface area contributed by atoms with Gasteiger partial charge >= 0.3 is 0 Å². The number of nitrogens with zero attached hydrogens (tertiary/aromatic N) is 3. The summed E-state index contributed by atoms with van der Waals surface area (Å²) < 4.78 is 12.0. The molecule has 172 valence electrons. The molecule has 1 aliphatic rings. The van der Waals surface area contributed by atoms with Crippen LogP contribution in [0.25, 0.3) is 5.69 Å². The van der Waals surface area contributed by atoms with Gasteiger partial charge in [-0.2, -0.15) is 4.98 Å². The van der Waals surface area contributed by atoms with Crippen LogP contribution in [0.4, 0.5) is 0 Å². The number of rotatable bonds is 7. The Balaban J connectivity index is 1.69. The number of aromatic nitrogens is 2. The van der Waals surface area contributed by atoms with E-state index in [1.54, 1.807) is 36.3 Å². The van der Waals surface area contributed by atoms with E-state index in [1.807, 2.05) is 30.3 Å². The fraction of sp³-hybridized carbons (Fsp3) is 0.292. The Hall–Kier alpha value is -3.30. The Morgan fingerprint density at radius 2 is 1.82 bits per heavy atom. The summed E-state index contributed by atoms with van der Waals surface area (Å²) in [4.78, 5) is 32.2. The SMILES string of the molecule is COc1ccc(-n2c(SCC(=O)N3CCOCC3)nc(O)c(Cc3ccccc3)c2=O)cc1. The molecule has 0 atom stereocenters. The number of carbonyl (C=O) groups is 1. The molecule has 0 saturated carbocycles. The number of ether oxygens (including phenoxy) is 2. The van der Waals surface area contributed by atoms with Crippen molar-refractivity contribution in [3.05, 3.63) is 76.1 Å². The first-order chi connectivity index (χ1) is 16.1. The summed E-state index contributed by atoms with van der Waals surface area (Å²) in [6.07, 6.45) is 0.242. The highest BCUT2D eigenvalue weighted by Crippen LogP contribution is 2.25. The molecule has 1 fully saturated rings. The van der Waals surface area contributed by atoms with Gasteiger partial charge < -0.3 is 19.5 Å². The summed E-state index contributed by atoms with van der Waals surface area (Å²) in [7, 11) is 1.57. The molecule has 2 heterocycles. The molecule has 2 aromatic carbocycles. The van der Waals surface area contributed by atoms with E-state index < -0.39 is 0 Å². The lowest BCUT2D eigenvalue weighted by molar-refractivity contribution is -0.132. The number of hydrogen-bond acceptors (Lipinski definition) is 7. The Morgan fingerprint density at radius 1 is 1.12 bits per heavy atom. The lowest BCUT2D eigenvalue weighted by Gasteiger charge is -2.26. The Labute approximate surface area is 195 Å². The Kier molecular flexibility index (Phi) is 7.31. The van der Waals surface area contributed by atoms with Crippen molar-refractivity contribution >= 4 is 17.7 Å². The van der Waals surface area contributed by atoms with Gasteiger partial charge in [0.2, 0.25) is 11.8 Å². The van der Waals surface area contributed by atoms with Crippen LogP contribution in [0, 0.1) is 0 Å². The van der Waals surface area contributed by atoms with Crippen LogP contribution in [0.5, 0.6) is 11.6 Å². The van der Waals surface area contributed by atoms with Crippen molar-refractivity contribution in [2.75, 3.05) is 39.2 Å². The third kappa shape index (κ3) is 5.37. The number of carbonyl (C=O) groups excluding carboxylic acids is 1. The molecule has 1 saturated heterocycles. The standard InChI is InChI=1S/C24H25N3O5S/c1-31-19-9-7-18(8-10-19)27-23(30)20(15-17-5-3-2-4-6-17)22(29)25-24(27)33-16-21(28)26-11-13-32-14-12-26/h2-10,29H,11-16H2,1H3. The third-order valence-corrected chi connectivity index (χ3v) is 6.29. The molecular formula is C24H25N3O5S. The zero-order valence-corrected chi connectivity index (χ0v) is 19.1.